The maximum Gasteiger partial charge on any atom is 0.350 e. The van der Waals surface area contributed by atoms with Gasteiger partial charge >= 0.3 is 6.03 Å². The number of carbonyl (C=O) groups is 2. The summed E-state index contributed by atoms with van der Waals surface area (Å²) in [6.07, 6.45) is 1.80. The number of carbonyl (C=O) groups excluding carboxylic acids is 2. The molecule has 0 bridgehead atoms. The lowest BCUT2D eigenvalue weighted by atomic mass is 10.1. The van der Waals surface area contributed by atoms with Crippen LogP contribution in [0.3, 0.4) is 0 Å². The molecule has 112 valence electrons. The molecule has 0 radical (unpaired) electrons. The number of nitrogens with zero attached hydrogens (tertiary/aromatic N) is 2. The van der Waals surface area contributed by atoms with Crippen LogP contribution in [0.2, 0.25) is 0 Å². The number of urea groups is 1. The van der Waals surface area contributed by atoms with Crippen LogP contribution < -0.4 is 0 Å². The van der Waals surface area contributed by atoms with Crippen molar-refractivity contribution < 1.29 is 14.4 Å². The Morgan fingerprint density at radius 1 is 1.29 bits per heavy atom. The maximum absolute atomic E-state index is 12.1. The van der Waals surface area contributed by atoms with Crippen LogP contribution in [0.5, 0.6) is 0 Å². The number of rotatable bonds is 5. The number of amides is 3. The SMILES string of the molecule is C=CCN1C(=O)CCN(OCc2ccc(C)c(C)c2)C1=O. The van der Waals surface area contributed by atoms with Gasteiger partial charge in [0.15, 0.2) is 0 Å². The lowest BCUT2D eigenvalue weighted by Crippen LogP contribution is -2.51. The smallest absolute Gasteiger partial charge is 0.274 e. The van der Waals surface area contributed by atoms with Crippen LogP contribution >= 0.6 is 0 Å². The normalized spacial score (nSPS) is 15.5. The molecular weight excluding hydrogens is 268 g/mol. The Morgan fingerprint density at radius 2 is 2.05 bits per heavy atom. The molecule has 1 aliphatic rings. The topological polar surface area (TPSA) is 49.9 Å². The van der Waals surface area contributed by atoms with Crippen molar-refractivity contribution in [2.24, 2.45) is 0 Å². The van der Waals surface area contributed by atoms with Gasteiger partial charge in [-0.2, -0.15) is 0 Å². The molecule has 1 heterocycles. The van der Waals surface area contributed by atoms with E-state index in [-0.39, 0.29) is 25.4 Å². The van der Waals surface area contributed by atoms with E-state index in [0.29, 0.717) is 6.61 Å². The van der Waals surface area contributed by atoms with E-state index in [4.69, 9.17) is 4.84 Å². The third-order valence-electron chi connectivity index (χ3n) is 3.54. The van der Waals surface area contributed by atoms with Gasteiger partial charge in [0, 0.05) is 13.0 Å². The zero-order chi connectivity index (χ0) is 15.4. The van der Waals surface area contributed by atoms with Crippen molar-refractivity contribution in [1.82, 2.24) is 9.96 Å². The molecule has 1 aromatic carbocycles. The molecule has 21 heavy (non-hydrogen) atoms. The van der Waals surface area contributed by atoms with Crippen molar-refractivity contribution in [2.75, 3.05) is 13.1 Å². The standard InChI is InChI=1S/C16H20N2O3/c1-4-8-17-15(19)7-9-18(16(17)20)21-11-14-6-5-12(2)13(3)10-14/h4-6,10H,1,7-9,11H2,2-3H3. The summed E-state index contributed by atoms with van der Waals surface area (Å²) < 4.78 is 0. The van der Waals surface area contributed by atoms with Crippen LogP contribution in [0, 0.1) is 13.8 Å². The van der Waals surface area contributed by atoms with Gasteiger partial charge in [-0.3, -0.25) is 14.5 Å². The van der Waals surface area contributed by atoms with Crippen molar-refractivity contribution in [3.63, 3.8) is 0 Å². The van der Waals surface area contributed by atoms with Crippen molar-refractivity contribution in [3.05, 3.63) is 47.5 Å². The highest BCUT2D eigenvalue weighted by Gasteiger charge is 2.31. The first-order chi connectivity index (χ1) is 10.0. The Balaban J connectivity index is 1.99. The van der Waals surface area contributed by atoms with E-state index >= 15 is 0 Å². The Labute approximate surface area is 124 Å². The van der Waals surface area contributed by atoms with E-state index in [0.717, 1.165) is 10.5 Å². The van der Waals surface area contributed by atoms with Crippen molar-refractivity contribution in [1.29, 1.82) is 0 Å². The van der Waals surface area contributed by atoms with Crippen molar-refractivity contribution in [3.8, 4) is 0 Å². The van der Waals surface area contributed by atoms with Crippen LogP contribution in [0.1, 0.15) is 23.1 Å². The number of hydrogen-bond acceptors (Lipinski definition) is 3. The lowest BCUT2D eigenvalue weighted by molar-refractivity contribution is -0.160. The highest BCUT2D eigenvalue weighted by molar-refractivity contribution is 5.96. The van der Waals surface area contributed by atoms with E-state index in [1.54, 1.807) is 0 Å². The van der Waals surface area contributed by atoms with Crippen LogP contribution in [-0.4, -0.2) is 35.0 Å². The summed E-state index contributed by atoms with van der Waals surface area (Å²) in [4.78, 5) is 30.5. The van der Waals surface area contributed by atoms with Gasteiger partial charge in [-0.1, -0.05) is 24.3 Å². The summed E-state index contributed by atoms with van der Waals surface area (Å²) in [5.41, 5.74) is 3.40. The molecule has 0 spiro atoms. The highest BCUT2D eigenvalue weighted by atomic mass is 16.7. The summed E-state index contributed by atoms with van der Waals surface area (Å²) in [6, 6.07) is 5.62. The quantitative estimate of drug-likeness (QED) is 0.782. The number of aryl methyl sites for hydroxylation is 2. The summed E-state index contributed by atoms with van der Waals surface area (Å²) in [7, 11) is 0. The molecule has 5 nitrogen and oxygen atoms in total. The van der Waals surface area contributed by atoms with E-state index in [1.165, 1.54) is 22.3 Å². The summed E-state index contributed by atoms with van der Waals surface area (Å²) >= 11 is 0. The van der Waals surface area contributed by atoms with Crippen molar-refractivity contribution in [2.45, 2.75) is 26.9 Å². The molecular formula is C16H20N2O3. The van der Waals surface area contributed by atoms with Crippen LogP contribution in [0.15, 0.2) is 30.9 Å². The molecule has 0 saturated carbocycles. The molecule has 1 saturated heterocycles. The van der Waals surface area contributed by atoms with Crippen LogP contribution in [0.4, 0.5) is 4.79 Å². The summed E-state index contributed by atoms with van der Waals surface area (Å²) in [5, 5.41) is 1.25. The number of hydrogen-bond donors (Lipinski definition) is 0. The molecule has 0 N–H and O–H groups in total. The number of hydroxylamine groups is 2. The van der Waals surface area contributed by atoms with Gasteiger partial charge in [-0.05, 0) is 30.5 Å². The fourth-order valence-corrected chi connectivity index (χ4v) is 2.14. The zero-order valence-electron chi connectivity index (χ0n) is 12.5. The van der Waals surface area contributed by atoms with E-state index in [2.05, 4.69) is 6.58 Å². The molecule has 1 aromatic rings. The molecule has 1 aliphatic heterocycles. The first-order valence-electron chi connectivity index (χ1n) is 6.94. The molecule has 0 aliphatic carbocycles. The second-order valence-corrected chi connectivity index (χ2v) is 5.12. The van der Waals surface area contributed by atoms with E-state index in [9.17, 15) is 9.59 Å². The monoisotopic (exact) mass is 288 g/mol. The fourth-order valence-electron chi connectivity index (χ4n) is 2.14. The molecule has 2 rings (SSSR count). The first-order valence-corrected chi connectivity index (χ1v) is 6.94. The molecule has 0 unspecified atom stereocenters. The average Bonchev–Trinajstić information content (AvgIpc) is 2.46. The predicted molar refractivity (Wildman–Crippen MR) is 79.3 cm³/mol. The highest BCUT2D eigenvalue weighted by Crippen LogP contribution is 2.15. The number of imide groups is 1. The minimum absolute atomic E-state index is 0.189. The Bertz CT molecular complexity index is 569. The van der Waals surface area contributed by atoms with E-state index < -0.39 is 6.03 Å². The average molecular weight is 288 g/mol. The van der Waals surface area contributed by atoms with Crippen LogP contribution in [-0.2, 0) is 16.2 Å². The van der Waals surface area contributed by atoms with Gasteiger partial charge in [-0.25, -0.2) is 9.86 Å². The molecule has 5 heteroatoms. The lowest BCUT2D eigenvalue weighted by Gasteiger charge is -2.32. The minimum Gasteiger partial charge on any atom is -0.274 e. The third kappa shape index (κ3) is 3.49. The summed E-state index contributed by atoms with van der Waals surface area (Å²) in [6.45, 7) is 8.45. The van der Waals surface area contributed by atoms with Crippen LogP contribution in [0.25, 0.3) is 0 Å². The maximum atomic E-state index is 12.1. The minimum atomic E-state index is -0.421. The molecule has 0 atom stereocenters. The van der Waals surface area contributed by atoms with Gasteiger partial charge in [-0.15, -0.1) is 6.58 Å². The Kier molecular flexibility index (Phi) is 4.75. The second-order valence-electron chi connectivity index (χ2n) is 5.12. The summed E-state index contributed by atoms with van der Waals surface area (Å²) in [5.74, 6) is -0.189. The van der Waals surface area contributed by atoms with E-state index in [1.807, 2.05) is 32.0 Å². The van der Waals surface area contributed by atoms with Crippen molar-refractivity contribution >= 4 is 11.9 Å². The Morgan fingerprint density at radius 3 is 2.71 bits per heavy atom. The molecule has 3 amide bonds. The molecule has 1 fully saturated rings. The second kappa shape index (κ2) is 6.54. The first kappa shape index (κ1) is 15.3. The van der Waals surface area contributed by atoms with Gasteiger partial charge < -0.3 is 0 Å². The van der Waals surface area contributed by atoms with Gasteiger partial charge in [0.05, 0.1) is 6.54 Å². The predicted octanol–water partition coefficient (Wildman–Crippen LogP) is 2.58. The third-order valence-corrected chi connectivity index (χ3v) is 3.54. The van der Waals surface area contributed by atoms with Gasteiger partial charge in [0.25, 0.3) is 0 Å². The van der Waals surface area contributed by atoms with Gasteiger partial charge in [0.1, 0.15) is 6.61 Å². The zero-order valence-corrected chi connectivity index (χ0v) is 12.5. The number of benzene rings is 1. The Hall–Kier alpha value is -2.14. The molecule has 0 aromatic heterocycles. The fraction of sp³-hybridized carbons (Fsp3) is 0.375. The largest absolute Gasteiger partial charge is 0.350 e. The van der Waals surface area contributed by atoms with Gasteiger partial charge in [0.2, 0.25) is 5.91 Å².